The van der Waals surface area contributed by atoms with Crippen LogP contribution >= 0.6 is 0 Å². The molecule has 0 aromatic heterocycles. The Morgan fingerprint density at radius 3 is 2.39 bits per heavy atom. The predicted octanol–water partition coefficient (Wildman–Crippen LogP) is 3.73. The Morgan fingerprint density at radius 1 is 1.09 bits per heavy atom. The number of methoxy groups -OCH3 is 1. The maximum absolute atomic E-state index is 14.3. The first-order valence-electron chi connectivity index (χ1n) is 14.0. The van der Waals surface area contributed by atoms with Gasteiger partial charge >= 0.3 is 6.09 Å². The average Bonchev–Trinajstić information content (AvgIpc) is 3.38. The topological polar surface area (TPSA) is 125 Å². The molecule has 2 amide bonds. The van der Waals surface area contributed by atoms with Gasteiger partial charge in [0.25, 0.3) is 5.91 Å². The highest BCUT2D eigenvalue weighted by Crippen LogP contribution is 2.26. The normalized spacial score (nSPS) is 16.6. The Kier molecular flexibility index (Phi) is 10.6. The Morgan fingerprint density at radius 2 is 1.77 bits per heavy atom. The molecule has 236 valence electrons. The van der Waals surface area contributed by atoms with Gasteiger partial charge in [-0.3, -0.25) is 9.69 Å². The van der Waals surface area contributed by atoms with Gasteiger partial charge in [-0.25, -0.2) is 22.0 Å². The third kappa shape index (κ3) is 7.90. The number of sulfonamides is 1. The lowest BCUT2D eigenvalue weighted by Gasteiger charge is -2.31. The molecule has 3 atom stereocenters. The standard InChI is InChI=1S/C31H35F2N3O7S/c1-20(2)17-35(44(40,41)24-12-10-23(42-3)11-13-24)18-28(37)26(15-21-7-5-4-6-8-21)34-30(38)29-19-36(31(39)43-29)27-14-9-22(32)16-25(27)33/h4-14,16,20,26,28-29,37H,15,17-19H2,1-3H3,(H,34,38)/t26-,28+,29-/m0/s1. The molecule has 3 aromatic rings. The van der Waals surface area contributed by atoms with E-state index in [1.807, 2.05) is 13.8 Å². The summed E-state index contributed by atoms with van der Waals surface area (Å²) < 4.78 is 66.5. The molecule has 3 aromatic carbocycles. The second-order valence-corrected chi connectivity index (χ2v) is 12.8. The van der Waals surface area contributed by atoms with Gasteiger partial charge in [0.15, 0.2) is 6.10 Å². The molecule has 0 radical (unpaired) electrons. The Hall–Kier alpha value is -4.07. The fourth-order valence-electron chi connectivity index (χ4n) is 4.83. The molecule has 10 nitrogen and oxygen atoms in total. The number of nitrogens with one attached hydrogen (secondary N) is 1. The highest BCUT2D eigenvalue weighted by Gasteiger charge is 2.40. The summed E-state index contributed by atoms with van der Waals surface area (Å²) in [5.74, 6) is -2.20. The van der Waals surface area contributed by atoms with Crippen LogP contribution in [0.1, 0.15) is 19.4 Å². The van der Waals surface area contributed by atoms with E-state index in [9.17, 15) is 31.9 Å². The summed E-state index contributed by atoms with van der Waals surface area (Å²) >= 11 is 0. The minimum atomic E-state index is -4.05. The summed E-state index contributed by atoms with van der Waals surface area (Å²) in [7, 11) is -2.58. The number of hydrogen-bond donors (Lipinski definition) is 2. The zero-order valence-electron chi connectivity index (χ0n) is 24.5. The van der Waals surface area contributed by atoms with E-state index < -0.39 is 51.9 Å². The van der Waals surface area contributed by atoms with Gasteiger partial charge in [0.1, 0.15) is 17.4 Å². The van der Waals surface area contributed by atoms with Gasteiger partial charge in [0.2, 0.25) is 10.0 Å². The van der Waals surface area contributed by atoms with E-state index in [4.69, 9.17) is 9.47 Å². The summed E-state index contributed by atoms with van der Waals surface area (Å²) in [6.45, 7) is 3.08. The van der Waals surface area contributed by atoms with Crippen molar-refractivity contribution >= 4 is 27.7 Å². The molecule has 1 aliphatic rings. The van der Waals surface area contributed by atoms with Crippen molar-refractivity contribution in [2.75, 3.05) is 31.6 Å². The number of aliphatic hydroxyl groups excluding tert-OH is 1. The number of rotatable bonds is 13. The van der Waals surface area contributed by atoms with Crippen LogP contribution in [0.5, 0.6) is 5.75 Å². The second kappa shape index (κ2) is 14.1. The van der Waals surface area contributed by atoms with E-state index in [0.717, 1.165) is 22.6 Å². The van der Waals surface area contributed by atoms with Gasteiger partial charge in [0.05, 0.1) is 36.4 Å². The number of halogens is 2. The van der Waals surface area contributed by atoms with Crippen molar-refractivity contribution in [1.29, 1.82) is 0 Å². The Labute approximate surface area is 255 Å². The van der Waals surface area contributed by atoms with Crippen molar-refractivity contribution < 1.29 is 41.4 Å². The van der Waals surface area contributed by atoms with Crippen molar-refractivity contribution in [3.05, 3.63) is 90.0 Å². The lowest BCUT2D eigenvalue weighted by atomic mass is 10.0. The molecule has 0 unspecified atom stereocenters. The molecule has 1 saturated heterocycles. The van der Waals surface area contributed by atoms with Gasteiger partial charge in [-0.15, -0.1) is 0 Å². The van der Waals surface area contributed by atoms with Crippen molar-refractivity contribution in [2.24, 2.45) is 5.92 Å². The number of cyclic esters (lactones) is 1. The zero-order chi connectivity index (χ0) is 32.0. The summed E-state index contributed by atoms with van der Waals surface area (Å²) in [6, 6.07) is 16.5. The lowest BCUT2D eigenvalue weighted by molar-refractivity contribution is -0.129. The second-order valence-electron chi connectivity index (χ2n) is 10.8. The number of amides is 2. The van der Waals surface area contributed by atoms with Crippen LogP contribution in [-0.2, 0) is 26.0 Å². The van der Waals surface area contributed by atoms with Crippen molar-refractivity contribution in [3.8, 4) is 5.75 Å². The number of carbonyl (C=O) groups is 2. The zero-order valence-corrected chi connectivity index (χ0v) is 25.3. The van der Waals surface area contributed by atoms with Crippen molar-refractivity contribution in [3.63, 3.8) is 0 Å². The number of anilines is 1. The van der Waals surface area contributed by atoms with Crippen LogP contribution in [0, 0.1) is 17.6 Å². The van der Waals surface area contributed by atoms with Gasteiger partial charge in [-0.05, 0) is 54.3 Å². The first-order valence-corrected chi connectivity index (χ1v) is 15.4. The predicted molar refractivity (Wildman–Crippen MR) is 159 cm³/mol. The minimum Gasteiger partial charge on any atom is -0.497 e. The van der Waals surface area contributed by atoms with Crippen LogP contribution in [-0.4, -0.2) is 74.8 Å². The Balaban J connectivity index is 1.55. The van der Waals surface area contributed by atoms with Crippen LogP contribution in [0.3, 0.4) is 0 Å². The molecular formula is C31H35F2N3O7S. The van der Waals surface area contributed by atoms with Crippen LogP contribution < -0.4 is 15.0 Å². The van der Waals surface area contributed by atoms with Crippen LogP contribution in [0.25, 0.3) is 0 Å². The number of ether oxygens (including phenoxy) is 2. The van der Waals surface area contributed by atoms with Crippen molar-refractivity contribution in [2.45, 2.75) is 43.4 Å². The quantitative estimate of drug-likeness (QED) is 0.295. The van der Waals surface area contributed by atoms with Crippen LogP contribution in [0.2, 0.25) is 0 Å². The Bertz CT molecular complexity index is 1560. The molecule has 0 aliphatic carbocycles. The van der Waals surface area contributed by atoms with Crippen LogP contribution in [0.4, 0.5) is 19.3 Å². The van der Waals surface area contributed by atoms with Crippen molar-refractivity contribution in [1.82, 2.24) is 9.62 Å². The molecule has 2 N–H and O–H groups in total. The van der Waals surface area contributed by atoms with Crippen LogP contribution in [0.15, 0.2) is 77.7 Å². The fraction of sp³-hybridized carbons (Fsp3) is 0.355. The summed E-state index contributed by atoms with van der Waals surface area (Å²) in [5, 5.41) is 14.1. The highest BCUT2D eigenvalue weighted by atomic mass is 32.2. The summed E-state index contributed by atoms with van der Waals surface area (Å²) in [5.41, 5.74) is 0.504. The molecule has 4 rings (SSSR count). The number of benzene rings is 3. The fourth-order valence-corrected chi connectivity index (χ4v) is 6.46. The molecule has 0 bridgehead atoms. The van der Waals surface area contributed by atoms with E-state index in [1.54, 1.807) is 30.3 Å². The van der Waals surface area contributed by atoms with E-state index in [1.165, 1.54) is 35.7 Å². The van der Waals surface area contributed by atoms with E-state index in [2.05, 4.69) is 5.32 Å². The first kappa shape index (κ1) is 32.8. The monoisotopic (exact) mass is 631 g/mol. The minimum absolute atomic E-state index is 0.0146. The molecule has 13 heteroatoms. The molecule has 44 heavy (non-hydrogen) atoms. The highest BCUT2D eigenvalue weighted by molar-refractivity contribution is 7.89. The average molecular weight is 632 g/mol. The van der Waals surface area contributed by atoms with Gasteiger partial charge in [0, 0.05) is 19.2 Å². The lowest BCUT2D eigenvalue weighted by Crippen LogP contribution is -2.53. The third-order valence-corrected chi connectivity index (χ3v) is 8.90. The molecule has 1 fully saturated rings. The maximum atomic E-state index is 14.3. The molecule has 0 spiro atoms. The van der Waals surface area contributed by atoms with E-state index >= 15 is 0 Å². The van der Waals surface area contributed by atoms with E-state index in [0.29, 0.717) is 11.8 Å². The first-order chi connectivity index (χ1) is 20.9. The molecule has 0 saturated carbocycles. The maximum Gasteiger partial charge on any atom is 0.415 e. The molecular weight excluding hydrogens is 596 g/mol. The van der Waals surface area contributed by atoms with Gasteiger partial charge < -0.3 is 19.9 Å². The third-order valence-electron chi connectivity index (χ3n) is 7.05. The van der Waals surface area contributed by atoms with E-state index in [-0.39, 0.29) is 42.6 Å². The summed E-state index contributed by atoms with van der Waals surface area (Å²) in [6.07, 6.45) is -3.62. The number of aliphatic hydroxyl groups is 1. The SMILES string of the molecule is COc1ccc(S(=O)(=O)N(CC(C)C)C[C@@H](O)[C@H](Cc2ccccc2)NC(=O)[C@@H]2CN(c3ccc(F)cc3F)C(=O)O2)cc1. The summed E-state index contributed by atoms with van der Waals surface area (Å²) in [4.78, 5) is 26.7. The number of carbonyl (C=O) groups excluding carboxylic acids is 2. The number of nitrogens with zero attached hydrogens (tertiary/aromatic N) is 2. The van der Waals surface area contributed by atoms with Gasteiger partial charge in [-0.2, -0.15) is 4.31 Å². The smallest absolute Gasteiger partial charge is 0.415 e. The largest absolute Gasteiger partial charge is 0.497 e. The molecule has 1 heterocycles. The van der Waals surface area contributed by atoms with Gasteiger partial charge in [-0.1, -0.05) is 44.2 Å². The molecule has 1 aliphatic heterocycles. The number of hydrogen-bond acceptors (Lipinski definition) is 7.